The Kier molecular flexibility index (Phi) is 6.15. The normalized spacial score (nSPS) is 10.7. The SMILES string of the molecule is Cc1cc(OCc2cccc(-c3c(C)cccc3C)c2)ccc1CCC(=O)O. The number of aryl methyl sites for hydroxylation is 4. The fourth-order valence-electron chi connectivity index (χ4n) is 3.53. The molecular weight excluding hydrogens is 348 g/mol. The van der Waals surface area contributed by atoms with Gasteiger partial charge in [0.2, 0.25) is 0 Å². The zero-order valence-corrected chi connectivity index (χ0v) is 16.7. The summed E-state index contributed by atoms with van der Waals surface area (Å²) >= 11 is 0. The third-order valence-electron chi connectivity index (χ3n) is 5.02. The van der Waals surface area contributed by atoms with Gasteiger partial charge >= 0.3 is 5.97 Å². The second kappa shape index (κ2) is 8.75. The van der Waals surface area contributed by atoms with E-state index < -0.39 is 5.97 Å². The topological polar surface area (TPSA) is 46.5 Å². The lowest BCUT2D eigenvalue weighted by Crippen LogP contribution is -2.00. The van der Waals surface area contributed by atoms with Gasteiger partial charge in [-0.05, 0) is 84.3 Å². The molecule has 0 aliphatic heterocycles. The monoisotopic (exact) mass is 374 g/mol. The zero-order valence-electron chi connectivity index (χ0n) is 16.7. The predicted molar refractivity (Wildman–Crippen MR) is 113 cm³/mol. The molecule has 0 fully saturated rings. The highest BCUT2D eigenvalue weighted by Crippen LogP contribution is 2.28. The van der Waals surface area contributed by atoms with Crippen molar-refractivity contribution in [2.45, 2.75) is 40.2 Å². The van der Waals surface area contributed by atoms with Gasteiger partial charge in [0.25, 0.3) is 0 Å². The molecule has 0 aliphatic rings. The van der Waals surface area contributed by atoms with E-state index in [0.29, 0.717) is 13.0 Å². The van der Waals surface area contributed by atoms with Gasteiger partial charge in [-0.3, -0.25) is 4.79 Å². The van der Waals surface area contributed by atoms with Gasteiger partial charge in [0, 0.05) is 6.42 Å². The van der Waals surface area contributed by atoms with Crippen LogP contribution >= 0.6 is 0 Å². The molecule has 0 atom stereocenters. The van der Waals surface area contributed by atoms with Crippen molar-refractivity contribution in [2.75, 3.05) is 0 Å². The van der Waals surface area contributed by atoms with E-state index >= 15 is 0 Å². The summed E-state index contributed by atoms with van der Waals surface area (Å²) in [6, 6.07) is 20.7. The van der Waals surface area contributed by atoms with Crippen LogP contribution in [0.15, 0.2) is 60.7 Å². The molecule has 0 spiro atoms. The summed E-state index contributed by atoms with van der Waals surface area (Å²) in [4.78, 5) is 10.8. The average molecular weight is 374 g/mol. The molecule has 3 aromatic carbocycles. The van der Waals surface area contributed by atoms with Crippen LogP contribution in [0.5, 0.6) is 5.75 Å². The van der Waals surface area contributed by atoms with Crippen LogP contribution in [0, 0.1) is 20.8 Å². The first-order chi connectivity index (χ1) is 13.4. The Balaban J connectivity index is 1.72. The fraction of sp³-hybridized carbons (Fsp3) is 0.240. The lowest BCUT2D eigenvalue weighted by Gasteiger charge is -2.13. The van der Waals surface area contributed by atoms with Crippen molar-refractivity contribution in [3.05, 3.63) is 88.5 Å². The smallest absolute Gasteiger partial charge is 0.303 e. The third-order valence-corrected chi connectivity index (χ3v) is 5.02. The van der Waals surface area contributed by atoms with Gasteiger partial charge in [-0.2, -0.15) is 0 Å². The molecule has 0 aliphatic carbocycles. The van der Waals surface area contributed by atoms with Gasteiger partial charge in [0.15, 0.2) is 0 Å². The summed E-state index contributed by atoms with van der Waals surface area (Å²) in [5, 5.41) is 8.84. The summed E-state index contributed by atoms with van der Waals surface area (Å²) in [5.41, 5.74) is 8.25. The highest BCUT2D eigenvalue weighted by Gasteiger charge is 2.07. The Morgan fingerprint density at radius 1 is 0.893 bits per heavy atom. The van der Waals surface area contributed by atoms with Crippen LogP contribution < -0.4 is 4.74 Å². The van der Waals surface area contributed by atoms with Crippen LogP contribution in [0.2, 0.25) is 0 Å². The molecule has 0 saturated carbocycles. The van der Waals surface area contributed by atoms with Gasteiger partial charge in [0.1, 0.15) is 12.4 Å². The molecule has 3 rings (SSSR count). The van der Waals surface area contributed by atoms with Gasteiger partial charge in [0.05, 0.1) is 0 Å². The van der Waals surface area contributed by atoms with Gasteiger partial charge in [-0.25, -0.2) is 0 Å². The predicted octanol–water partition coefficient (Wildman–Crippen LogP) is 5.88. The Hall–Kier alpha value is -3.07. The Labute approximate surface area is 166 Å². The van der Waals surface area contributed by atoms with E-state index in [-0.39, 0.29) is 6.42 Å². The van der Waals surface area contributed by atoms with E-state index in [2.05, 4.69) is 56.3 Å². The van der Waals surface area contributed by atoms with Crippen molar-refractivity contribution >= 4 is 5.97 Å². The number of rotatable bonds is 7. The first kappa shape index (κ1) is 19.7. The van der Waals surface area contributed by atoms with Crippen molar-refractivity contribution < 1.29 is 14.6 Å². The molecule has 0 saturated heterocycles. The van der Waals surface area contributed by atoms with Crippen LogP contribution in [0.3, 0.4) is 0 Å². The summed E-state index contributed by atoms with van der Waals surface area (Å²) in [5.74, 6) is 0.0255. The molecule has 0 amide bonds. The molecular formula is C25H26O3. The Bertz CT molecular complexity index is 969. The molecule has 28 heavy (non-hydrogen) atoms. The summed E-state index contributed by atoms with van der Waals surface area (Å²) in [6.07, 6.45) is 0.686. The molecule has 0 bridgehead atoms. The van der Waals surface area contributed by atoms with Gasteiger partial charge in [-0.1, -0.05) is 42.5 Å². The maximum absolute atomic E-state index is 10.8. The van der Waals surface area contributed by atoms with Crippen molar-refractivity contribution in [1.82, 2.24) is 0 Å². The highest BCUT2D eigenvalue weighted by molar-refractivity contribution is 5.71. The number of carboxylic acid groups (broad SMARTS) is 1. The molecule has 1 N–H and O–H groups in total. The minimum Gasteiger partial charge on any atom is -0.489 e. The molecule has 144 valence electrons. The van der Waals surface area contributed by atoms with Crippen molar-refractivity contribution in [1.29, 1.82) is 0 Å². The van der Waals surface area contributed by atoms with Gasteiger partial charge in [-0.15, -0.1) is 0 Å². The van der Waals surface area contributed by atoms with E-state index in [4.69, 9.17) is 9.84 Å². The van der Waals surface area contributed by atoms with E-state index in [1.54, 1.807) is 0 Å². The number of carboxylic acids is 1. The number of ether oxygens (including phenoxy) is 1. The maximum Gasteiger partial charge on any atom is 0.303 e. The molecule has 3 aromatic rings. The van der Waals surface area contributed by atoms with E-state index in [0.717, 1.165) is 22.4 Å². The lowest BCUT2D eigenvalue weighted by atomic mass is 9.95. The zero-order chi connectivity index (χ0) is 20.1. The summed E-state index contributed by atoms with van der Waals surface area (Å²) in [6.45, 7) is 6.76. The average Bonchev–Trinajstić information content (AvgIpc) is 2.66. The van der Waals surface area contributed by atoms with Crippen LogP contribution in [-0.2, 0) is 17.8 Å². The number of hydrogen-bond donors (Lipinski definition) is 1. The maximum atomic E-state index is 10.8. The van der Waals surface area contributed by atoms with Gasteiger partial charge < -0.3 is 9.84 Å². The quantitative estimate of drug-likeness (QED) is 0.562. The van der Waals surface area contributed by atoms with Crippen LogP contribution in [0.1, 0.15) is 34.2 Å². The summed E-state index contributed by atoms with van der Waals surface area (Å²) < 4.78 is 5.99. The summed E-state index contributed by atoms with van der Waals surface area (Å²) in [7, 11) is 0. The molecule has 0 radical (unpaired) electrons. The van der Waals surface area contributed by atoms with E-state index in [1.807, 2.05) is 25.1 Å². The molecule has 0 unspecified atom stereocenters. The van der Waals surface area contributed by atoms with Crippen LogP contribution in [0.25, 0.3) is 11.1 Å². The van der Waals surface area contributed by atoms with E-state index in [9.17, 15) is 4.79 Å². The molecule has 0 heterocycles. The highest BCUT2D eigenvalue weighted by atomic mass is 16.5. The van der Waals surface area contributed by atoms with Crippen LogP contribution in [-0.4, -0.2) is 11.1 Å². The number of hydrogen-bond acceptors (Lipinski definition) is 2. The minimum atomic E-state index is -0.775. The lowest BCUT2D eigenvalue weighted by molar-refractivity contribution is -0.136. The number of aliphatic carboxylic acids is 1. The van der Waals surface area contributed by atoms with Crippen molar-refractivity contribution in [3.63, 3.8) is 0 Å². The Morgan fingerprint density at radius 3 is 2.29 bits per heavy atom. The first-order valence-corrected chi connectivity index (χ1v) is 9.53. The second-order valence-electron chi connectivity index (χ2n) is 7.24. The third kappa shape index (κ3) is 4.80. The van der Waals surface area contributed by atoms with Crippen molar-refractivity contribution in [3.8, 4) is 16.9 Å². The number of carbonyl (C=O) groups is 1. The standard InChI is InChI=1S/C25H26O3/c1-17-6-4-7-18(2)25(17)22-9-5-8-20(15-22)16-28-23-12-10-21(19(3)14-23)11-13-24(26)27/h4-10,12,14-15H,11,13,16H2,1-3H3,(H,26,27). The largest absolute Gasteiger partial charge is 0.489 e. The number of benzene rings is 3. The van der Waals surface area contributed by atoms with E-state index in [1.165, 1.54) is 22.3 Å². The van der Waals surface area contributed by atoms with Crippen LogP contribution in [0.4, 0.5) is 0 Å². The van der Waals surface area contributed by atoms with Crippen molar-refractivity contribution in [2.24, 2.45) is 0 Å². The fourth-order valence-corrected chi connectivity index (χ4v) is 3.53. The minimum absolute atomic E-state index is 0.145. The molecule has 0 aromatic heterocycles. The second-order valence-corrected chi connectivity index (χ2v) is 7.24. The molecule has 3 nitrogen and oxygen atoms in total. The molecule has 3 heteroatoms. The Morgan fingerprint density at radius 2 is 1.61 bits per heavy atom. The first-order valence-electron chi connectivity index (χ1n) is 9.53.